The second kappa shape index (κ2) is 7.59. The molecule has 2 N–H and O–H groups in total. The van der Waals surface area contributed by atoms with E-state index in [-0.39, 0.29) is 5.82 Å². The van der Waals surface area contributed by atoms with Crippen LogP contribution in [0.15, 0.2) is 41.0 Å². The van der Waals surface area contributed by atoms with Crippen LogP contribution in [-0.4, -0.2) is 38.0 Å². The fourth-order valence-electron chi connectivity index (χ4n) is 2.66. The summed E-state index contributed by atoms with van der Waals surface area (Å²) in [5.74, 6) is 0.295. The van der Waals surface area contributed by atoms with Crippen molar-refractivity contribution >= 4 is 5.69 Å². The van der Waals surface area contributed by atoms with E-state index in [9.17, 15) is 9.50 Å². The molecule has 1 aliphatic heterocycles. The van der Waals surface area contributed by atoms with E-state index in [4.69, 9.17) is 9.15 Å². The number of nitrogens with zero attached hydrogens (tertiary/aromatic N) is 1. The largest absolute Gasteiger partial charge is 0.467 e. The molecule has 0 amide bonds. The van der Waals surface area contributed by atoms with Crippen LogP contribution in [0.3, 0.4) is 0 Å². The molecule has 1 atom stereocenters. The number of benzene rings is 1. The highest BCUT2D eigenvalue weighted by Crippen LogP contribution is 2.21. The van der Waals surface area contributed by atoms with Crippen molar-refractivity contribution in [1.29, 1.82) is 0 Å². The third-order valence-corrected chi connectivity index (χ3v) is 3.90. The number of anilines is 1. The molecule has 0 aliphatic carbocycles. The minimum atomic E-state index is -0.706. The van der Waals surface area contributed by atoms with Gasteiger partial charge in [-0.05, 0) is 29.8 Å². The number of furan rings is 1. The lowest BCUT2D eigenvalue weighted by molar-refractivity contribution is 0.122. The quantitative estimate of drug-likeness (QED) is 0.853. The average molecular weight is 320 g/mol. The molecular formula is C17H21FN2O3. The van der Waals surface area contributed by atoms with E-state index in [1.54, 1.807) is 18.2 Å². The van der Waals surface area contributed by atoms with Crippen molar-refractivity contribution in [3.05, 3.63) is 53.7 Å². The predicted molar refractivity (Wildman–Crippen MR) is 84.8 cm³/mol. The maximum atomic E-state index is 14.3. The zero-order valence-corrected chi connectivity index (χ0v) is 12.9. The molecule has 0 spiro atoms. The lowest BCUT2D eigenvalue weighted by atomic mass is 10.1. The van der Waals surface area contributed by atoms with Crippen LogP contribution in [-0.2, 0) is 11.3 Å². The zero-order valence-electron chi connectivity index (χ0n) is 12.9. The normalized spacial score (nSPS) is 16.5. The molecule has 1 aromatic carbocycles. The molecule has 1 saturated heterocycles. The molecule has 0 radical (unpaired) electrons. The second-order valence-electron chi connectivity index (χ2n) is 5.55. The van der Waals surface area contributed by atoms with Crippen molar-refractivity contribution in [2.24, 2.45) is 0 Å². The summed E-state index contributed by atoms with van der Waals surface area (Å²) in [6, 6.07) is 8.71. The maximum absolute atomic E-state index is 14.3. The van der Waals surface area contributed by atoms with Crippen LogP contribution in [0.1, 0.15) is 17.4 Å². The van der Waals surface area contributed by atoms with Gasteiger partial charge < -0.3 is 24.5 Å². The van der Waals surface area contributed by atoms with E-state index in [0.29, 0.717) is 50.8 Å². The van der Waals surface area contributed by atoms with Crippen LogP contribution in [0, 0.1) is 5.82 Å². The molecule has 1 aromatic heterocycles. The van der Waals surface area contributed by atoms with Crippen LogP contribution in [0.25, 0.3) is 0 Å². The van der Waals surface area contributed by atoms with Crippen molar-refractivity contribution in [2.45, 2.75) is 12.6 Å². The molecule has 0 saturated carbocycles. The van der Waals surface area contributed by atoms with Gasteiger partial charge in [0.15, 0.2) is 0 Å². The average Bonchev–Trinajstić information content (AvgIpc) is 3.10. The van der Waals surface area contributed by atoms with Gasteiger partial charge in [-0.1, -0.05) is 6.07 Å². The van der Waals surface area contributed by atoms with E-state index in [1.165, 1.54) is 12.3 Å². The van der Waals surface area contributed by atoms with Gasteiger partial charge in [-0.3, -0.25) is 0 Å². The molecule has 2 aromatic rings. The summed E-state index contributed by atoms with van der Waals surface area (Å²) in [5.41, 5.74) is 1.46. The molecule has 1 aliphatic rings. The first-order valence-corrected chi connectivity index (χ1v) is 7.77. The number of aliphatic hydroxyl groups excluding tert-OH is 1. The summed E-state index contributed by atoms with van der Waals surface area (Å²) in [4.78, 5) is 2.00. The molecule has 5 nitrogen and oxygen atoms in total. The Labute approximate surface area is 134 Å². The first-order valence-electron chi connectivity index (χ1n) is 7.77. The summed E-state index contributed by atoms with van der Waals surface area (Å²) in [5, 5.41) is 13.0. The first-order chi connectivity index (χ1) is 11.2. The van der Waals surface area contributed by atoms with Crippen molar-refractivity contribution in [1.82, 2.24) is 5.32 Å². The fourth-order valence-corrected chi connectivity index (χ4v) is 2.66. The highest BCUT2D eigenvalue weighted by atomic mass is 19.1. The molecule has 124 valence electrons. The predicted octanol–water partition coefficient (Wildman–Crippen LogP) is 2.08. The SMILES string of the molecule is OC(CNCc1ccc(N2CCOCC2)c(F)c1)c1ccco1. The lowest BCUT2D eigenvalue weighted by Crippen LogP contribution is -2.36. The molecule has 1 fully saturated rings. The highest BCUT2D eigenvalue weighted by molar-refractivity contribution is 5.49. The number of aliphatic hydroxyl groups is 1. The lowest BCUT2D eigenvalue weighted by Gasteiger charge is -2.29. The molecular weight excluding hydrogens is 299 g/mol. The van der Waals surface area contributed by atoms with Crippen molar-refractivity contribution in [3.63, 3.8) is 0 Å². The van der Waals surface area contributed by atoms with Gasteiger partial charge >= 0.3 is 0 Å². The van der Waals surface area contributed by atoms with E-state index in [1.807, 2.05) is 11.0 Å². The Hall–Kier alpha value is -1.89. The fraction of sp³-hybridized carbons (Fsp3) is 0.412. The molecule has 1 unspecified atom stereocenters. The zero-order chi connectivity index (χ0) is 16.1. The Morgan fingerprint density at radius 3 is 2.78 bits per heavy atom. The third kappa shape index (κ3) is 4.10. The van der Waals surface area contributed by atoms with Gasteiger partial charge in [-0.25, -0.2) is 4.39 Å². The molecule has 3 rings (SSSR count). The molecule has 23 heavy (non-hydrogen) atoms. The monoisotopic (exact) mass is 320 g/mol. The minimum Gasteiger partial charge on any atom is -0.467 e. The van der Waals surface area contributed by atoms with Crippen molar-refractivity contribution in [3.8, 4) is 0 Å². The number of ether oxygens (including phenoxy) is 1. The number of hydrogen-bond acceptors (Lipinski definition) is 5. The third-order valence-electron chi connectivity index (χ3n) is 3.90. The van der Waals surface area contributed by atoms with Gasteiger partial charge in [0.25, 0.3) is 0 Å². The number of nitrogens with one attached hydrogen (secondary N) is 1. The number of halogens is 1. The summed E-state index contributed by atoms with van der Waals surface area (Å²) < 4.78 is 24.7. The first kappa shape index (κ1) is 16.0. The summed E-state index contributed by atoms with van der Waals surface area (Å²) in [6.45, 7) is 3.52. The van der Waals surface area contributed by atoms with Gasteiger partial charge in [0, 0.05) is 26.2 Å². The number of rotatable bonds is 6. The van der Waals surface area contributed by atoms with E-state index in [0.717, 1.165) is 5.56 Å². The van der Waals surface area contributed by atoms with Gasteiger partial charge in [0.2, 0.25) is 0 Å². The van der Waals surface area contributed by atoms with Crippen LogP contribution < -0.4 is 10.2 Å². The van der Waals surface area contributed by atoms with Gasteiger partial charge in [-0.2, -0.15) is 0 Å². The Morgan fingerprint density at radius 1 is 1.26 bits per heavy atom. The van der Waals surface area contributed by atoms with Crippen LogP contribution in [0.2, 0.25) is 0 Å². The summed E-state index contributed by atoms with van der Waals surface area (Å²) >= 11 is 0. The van der Waals surface area contributed by atoms with Crippen molar-refractivity contribution < 1.29 is 18.7 Å². The number of morpholine rings is 1. The minimum absolute atomic E-state index is 0.224. The van der Waals surface area contributed by atoms with E-state index in [2.05, 4.69) is 5.32 Å². The molecule has 6 heteroatoms. The van der Waals surface area contributed by atoms with Crippen LogP contribution in [0.4, 0.5) is 10.1 Å². The highest BCUT2D eigenvalue weighted by Gasteiger charge is 2.15. The van der Waals surface area contributed by atoms with Gasteiger partial charge in [0.1, 0.15) is 17.7 Å². The van der Waals surface area contributed by atoms with Crippen LogP contribution in [0.5, 0.6) is 0 Å². The van der Waals surface area contributed by atoms with Gasteiger partial charge in [-0.15, -0.1) is 0 Å². The Bertz CT molecular complexity index is 612. The Kier molecular flexibility index (Phi) is 5.27. The Morgan fingerprint density at radius 2 is 2.09 bits per heavy atom. The van der Waals surface area contributed by atoms with E-state index >= 15 is 0 Å². The van der Waals surface area contributed by atoms with Crippen LogP contribution >= 0.6 is 0 Å². The Balaban J connectivity index is 1.53. The van der Waals surface area contributed by atoms with Crippen molar-refractivity contribution in [2.75, 3.05) is 37.7 Å². The molecule has 0 bridgehead atoms. The second-order valence-corrected chi connectivity index (χ2v) is 5.55. The summed E-state index contributed by atoms with van der Waals surface area (Å²) in [6.07, 6.45) is 0.820. The van der Waals surface area contributed by atoms with E-state index < -0.39 is 6.10 Å². The standard InChI is InChI=1S/C17H21FN2O3/c18-14-10-13(3-4-15(14)20-5-8-22-9-6-20)11-19-12-16(21)17-2-1-7-23-17/h1-4,7,10,16,19,21H,5-6,8-9,11-12H2. The smallest absolute Gasteiger partial charge is 0.146 e. The number of hydrogen-bond donors (Lipinski definition) is 2. The van der Waals surface area contributed by atoms with Gasteiger partial charge in [0.05, 0.1) is 25.2 Å². The topological polar surface area (TPSA) is 57.9 Å². The molecule has 2 heterocycles. The summed E-state index contributed by atoms with van der Waals surface area (Å²) in [7, 11) is 0. The maximum Gasteiger partial charge on any atom is 0.146 e.